The van der Waals surface area contributed by atoms with Crippen molar-refractivity contribution in [1.29, 1.82) is 0 Å². The van der Waals surface area contributed by atoms with Crippen LogP contribution in [-0.2, 0) is 4.79 Å². The molecule has 0 atom stereocenters. The van der Waals surface area contributed by atoms with E-state index in [0.29, 0.717) is 18.5 Å². The first-order valence-electron chi connectivity index (χ1n) is 6.91. The Morgan fingerprint density at radius 1 is 1.17 bits per heavy atom. The number of carbonyl (C=O) groups excluding carboxylic acids is 1. The Kier molecular flexibility index (Phi) is 4.62. The van der Waals surface area contributed by atoms with Crippen molar-refractivity contribution in [1.82, 2.24) is 9.80 Å². The Bertz CT molecular complexity index is 320. The number of piperazine rings is 1. The highest BCUT2D eigenvalue weighted by Crippen LogP contribution is 2.25. The van der Waals surface area contributed by atoms with Crippen LogP contribution >= 0.6 is 0 Å². The highest BCUT2D eigenvalue weighted by Gasteiger charge is 2.29. The summed E-state index contributed by atoms with van der Waals surface area (Å²) in [6.45, 7) is 4.15. The van der Waals surface area contributed by atoms with Gasteiger partial charge in [-0.05, 0) is 25.7 Å². The molecule has 1 aliphatic carbocycles. The second-order valence-corrected chi connectivity index (χ2v) is 5.42. The average Bonchev–Trinajstić information content (AvgIpc) is 2.40. The first-order valence-corrected chi connectivity index (χ1v) is 6.91. The Hall–Kier alpha value is -1.05. The number of hydrogen-bond donors (Lipinski definition) is 1. The summed E-state index contributed by atoms with van der Waals surface area (Å²) in [6.07, 6.45) is 9.21. The fourth-order valence-corrected chi connectivity index (χ4v) is 2.88. The minimum Gasteiger partial charge on any atom is -0.340 e. The van der Waals surface area contributed by atoms with Gasteiger partial charge in [-0.15, -0.1) is 6.42 Å². The predicted molar refractivity (Wildman–Crippen MR) is 71.8 cm³/mol. The van der Waals surface area contributed by atoms with E-state index >= 15 is 0 Å². The van der Waals surface area contributed by atoms with Crippen LogP contribution in [0.4, 0.5) is 0 Å². The van der Waals surface area contributed by atoms with Crippen LogP contribution in [0.3, 0.4) is 0 Å². The number of rotatable bonds is 2. The van der Waals surface area contributed by atoms with Gasteiger partial charge in [0.25, 0.3) is 0 Å². The van der Waals surface area contributed by atoms with Crippen molar-refractivity contribution in [3.8, 4) is 12.3 Å². The van der Waals surface area contributed by atoms with Gasteiger partial charge in [0.2, 0.25) is 5.91 Å². The summed E-state index contributed by atoms with van der Waals surface area (Å²) >= 11 is 0. The normalized spacial score (nSPS) is 29.9. The summed E-state index contributed by atoms with van der Waals surface area (Å²) in [7, 11) is 0. The van der Waals surface area contributed by atoms with Crippen molar-refractivity contribution in [2.24, 2.45) is 11.7 Å². The van der Waals surface area contributed by atoms with Gasteiger partial charge in [0, 0.05) is 38.1 Å². The van der Waals surface area contributed by atoms with E-state index in [0.717, 1.165) is 51.9 Å². The third kappa shape index (κ3) is 3.24. The molecule has 0 aromatic rings. The van der Waals surface area contributed by atoms with Gasteiger partial charge in [0.15, 0.2) is 0 Å². The van der Waals surface area contributed by atoms with Crippen molar-refractivity contribution in [2.75, 3.05) is 32.7 Å². The van der Waals surface area contributed by atoms with Crippen molar-refractivity contribution in [2.45, 2.75) is 31.7 Å². The van der Waals surface area contributed by atoms with Crippen molar-refractivity contribution in [3.05, 3.63) is 0 Å². The van der Waals surface area contributed by atoms with Crippen LogP contribution in [0.25, 0.3) is 0 Å². The molecule has 1 aliphatic heterocycles. The van der Waals surface area contributed by atoms with Crippen LogP contribution in [0.2, 0.25) is 0 Å². The number of nitrogens with two attached hydrogens (primary N) is 1. The largest absolute Gasteiger partial charge is 0.340 e. The number of hydrogen-bond acceptors (Lipinski definition) is 3. The Morgan fingerprint density at radius 3 is 2.33 bits per heavy atom. The van der Waals surface area contributed by atoms with Crippen LogP contribution in [0, 0.1) is 18.3 Å². The molecule has 4 heteroatoms. The standard InChI is InChI=1S/C14H23N3O/c1-2-7-16-8-10-17(11-9-16)14(18)12-3-5-13(15)6-4-12/h1,12-13H,3-11,15H2. The molecule has 0 bridgehead atoms. The minimum atomic E-state index is 0.212. The van der Waals surface area contributed by atoms with Crippen LogP contribution in [0.5, 0.6) is 0 Å². The summed E-state index contributed by atoms with van der Waals surface area (Å²) < 4.78 is 0. The van der Waals surface area contributed by atoms with E-state index in [-0.39, 0.29) is 5.92 Å². The zero-order valence-electron chi connectivity index (χ0n) is 11.0. The minimum absolute atomic E-state index is 0.212. The van der Waals surface area contributed by atoms with Gasteiger partial charge >= 0.3 is 0 Å². The highest BCUT2D eigenvalue weighted by molar-refractivity contribution is 5.79. The molecule has 1 saturated heterocycles. The molecule has 0 radical (unpaired) electrons. The lowest BCUT2D eigenvalue weighted by Gasteiger charge is -2.37. The van der Waals surface area contributed by atoms with Crippen molar-refractivity contribution in [3.63, 3.8) is 0 Å². The molecule has 2 fully saturated rings. The number of nitrogens with zero attached hydrogens (tertiary/aromatic N) is 2. The molecule has 2 rings (SSSR count). The van der Waals surface area contributed by atoms with E-state index in [9.17, 15) is 4.79 Å². The smallest absolute Gasteiger partial charge is 0.225 e. The molecule has 4 nitrogen and oxygen atoms in total. The quantitative estimate of drug-likeness (QED) is 0.715. The Labute approximate surface area is 109 Å². The lowest BCUT2D eigenvalue weighted by molar-refractivity contribution is -0.138. The van der Waals surface area contributed by atoms with E-state index in [1.54, 1.807) is 0 Å². The van der Waals surface area contributed by atoms with Crippen LogP contribution in [-0.4, -0.2) is 54.5 Å². The molecule has 0 aromatic heterocycles. The molecular formula is C14H23N3O. The summed E-state index contributed by atoms with van der Waals surface area (Å²) in [4.78, 5) is 16.6. The maximum atomic E-state index is 12.4. The third-order valence-electron chi connectivity index (χ3n) is 4.12. The van der Waals surface area contributed by atoms with Crippen molar-refractivity contribution >= 4 is 5.91 Å². The van der Waals surface area contributed by atoms with Gasteiger partial charge in [-0.3, -0.25) is 9.69 Å². The maximum absolute atomic E-state index is 12.4. The van der Waals surface area contributed by atoms with Gasteiger partial charge in [0.1, 0.15) is 0 Å². The maximum Gasteiger partial charge on any atom is 0.225 e. The van der Waals surface area contributed by atoms with E-state index in [1.165, 1.54) is 0 Å². The molecule has 0 aromatic carbocycles. The molecule has 18 heavy (non-hydrogen) atoms. The number of amides is 1. The van der Waals surface area contributed by atoms with Crippen molar-refractivity contribution < 1.29 is 4.79 Å². The lowest BCUT2D eigenvalue weighted by Crippen LogP contribution is -2.50. The molecule has 1 heterocycles. The van der Waals surface area contributed by atoms with Gasteiger partial charge < -0.3 is 10.6 Å². The second-order valence-electron chi connectivity index (χ2n) is 5.42. The Balaban J connectivity index is 1.79. The zero-order chi connectivity index (χ0) is 13.0. The molecule has 1 amide bonds. The molecule has 100 valence electrons. The third-order valence-corrected chi connectivity index (χ3v) is 4.12. The lowest BCUT2D eigenvalue weighted by atomic mass is 9.85. The van der Waals surface area contributed by atoms with Gasteiger partial charge in [-0.2, -0.15) is 0 Å². The van der Waals surface area contributed by atoms with E-state index in [4.69, 9.17) is 12.2 Å². The number of terminal acetylenes is 1. The van der Waals surface area contributed by atoms with Crippen LogP contribution in [0.15, 0.2) is 0 Å². The molecule has 2 aliphatic rings. The summed E-state index contributed by atoms with van der Waals surface area (Å²) in [5.74, 6) is 3.21. The summed E-state index contributed by atoms with van der Waals surface area (Å²) in [5, 5.41) is 0. The summed E-state index contributed by atoms with van der Waals surface area (Å²) in [6, 6.07) is 0.307. The molecule has 0 spiro atoms. The van der Waals surface area contributed by atoms with Gasteiger partial charge in [-0.1, -0.05) is 5.92 Å². The first kappa shape index (κ1) is 13.4. The topological polar surface area (TPSA) is 49.6 Å². The fraction of sp³-hybridized carbons (Fsp3) is 0.786. The van der Waals surface area contributed by atoms with E-state index < -0.39 is 0 Å². The molecule has 1 saturated carbocycles. The predicted octanol–water partition coefficient (Wildman–Crippen LogP) is 0.281. The fourth-order valence-electron chi connectivity index (χ4n) is 2.88. The average molecular weight is 249 g/mol. The second kappa shape index (κ2) is 6.21. The van der Waals surface area contributed by atoms with Crippen LogP contribution in [0.1, 0.15) is 25.7 Å². The van der Waals surface area contributed by atoms with E-state index in [2.05, 4.69) is 10.8 Å². The zero-order valence-corrected chi connectivity index (χ0v) is 11.0. The highest BCUT2D eigenvalue weighted by atomic mass is 16.2. The monoisotopic (exact) mass is 249 g/mol. The summed E-state index contributed by atoms with van der Waals surface area (Å²) in [5.41, 5.74) is 5.88. The van der Waals surface area contributed by atoms with E-state index in [1.807, 2.05) is 4.90 Å². The number of carbonyl (C=O) groups is 1. The van der Waals surface area contributed by atoms with Gasteiger partial charge in [0.05, 0.1) is 6.54 Å². The first-order chi connectivity index (χ1) is 8.70. The Morgan fingerprint density at radius 2 is 1.78 bits per heavy atom. The SMILES string of the molecule is C#CCN1CCN(C(=O)C2CCC(N)CC2)CC1. The van der Waals surface area contributed by atoms with Gasteiger partial charge in [-0.25, -0.2) is 0 Å². The molecule has 2 N–H and O–H groups in total. The molecular weight excluding hydrogens is 226 g/mol. The van der Waals surface area contributed by atoms with Crippen LogP contribution < -0.4 is 5.73 Å². The molecule has 0 unspecified atom stereocenters.